The van der Waals surface area contributed by atoms with E-state index in [1.54, 1.807) is 12.4 Å². The highest BCUT2D eigenvalue weighted by Gasteiger charge is 2.19. The van der Waals surface area contributed by atoms with Crippen LogP contribution in [0.4, 0.5) is 11.5 Å². The number of hydrogen-bond donors (Lipinski definition) is 1. The summed E-state index contributed by atoms with van der Waals surface area (Å²) >= 11 is 0. The summed E-state index contributed by atoms with van der Waals surface area (Å²) in [5, 5.41) is 3.58. The Hall–Kier alpha value is -2.60. The average molecular weight is 363 g/mol. The Labute approximate surface area is 159 Å². The SMILES string of the molecule is c1cn2c(NC[C@H]3CCCO3)c(-c3ccc(N4CCCC4)cc3)nc2cn1. The molecule has 1 atom stereocenters. The van der Waals surface area contributed by atoms with Crippen molar-refractivity contribution in [3.05, 3.63) is 42.9 Å². The number of hydrogen-bond acceptors (Lipinski definition) is 5. The maximum atomic E-state index is 5.77. The zero-order chi connectivity index (χ0) is 18.1. The van der Waals surface area contributed by atoms with Gasteiger partial charge in [-0.25, -0.2) is 4.98 Å². The van der Waals surface area contributed by atoms with E-state index in [0.717, 1.165) is 61.8 Å². The molecule has 0 amide bonds. The van der Waals surface area contributed by atoms with Crippen LogP contribution in [0.15, 0.2) is 42.9 Å². The van der Waals surface area contributed by atoms with Crippen molar-refractivity contribution >= 4 is 17.2 Å². The van der Waals surface area contributed by atoms with Gasteiger partial charge in [-0.15, -0.1) is 0 Å². The van der Waals surface area contributed by atoms with Crippen LogP contribution < -0.4 is 10.2 Å². The zero-order valence-corrected chi connectivity index (χ0v) is 15.5. The van der Waals surface area contributed by atoms with Crippen LogP contribution in [0.1, 0.15) is 25.7 Å². The lowest BCUT2D eigenvalue weighted by atomic mass is 10.1. The molecule has 140 valence electrons. The van der Waals surface area contributed by atoms with E-state index in [1.807, 2.05) is 6.20 Å². The minimum Gasteiger partial charge on any atom is -0.376 e. The third-order valence-corrected chi connectivity index (χ3v) is 5.56. The van der Waals surface area contributed by atoms with Crippen LogP contribution in [-0.2, 0) is 4.74 Å². The standard InChI is InChI=1S/C21H25N5O/c1-2-11-25(10-1)17-7-5-16(6-8-17)20-21(23-14-18-4-3-13-27-18)26-12-9-22-15-19(26)24-20/h5-9,12,15,18,23H,1-4,10-11,13-14H2/t18-/m1/s1. The van der Waals surface area contributed by atoms with Crippen molar-refractivity contribution in [2.75, 3.05) is 36.5 Å². The van der Waals surface area contributed by atoms with E-state index in [0.29, 0.717) is 0 Å². The second kappa shape index (κ2) is 7.19. The zero-order valence-electron chi connectivity index (χ0n) is 15.5. The average Bonchev–Trinajstić information content (AvgIpc) is 3.47. The number of anilines is 2. The highest BCUT2D eigenvalue weighted by atomic mass is 16.5. The minimum absolute atomic E-state index is 0.280. The van der Waals surface area contributed by atoms with Crippen LogP contribution in [0.5, 0.6) is 0 Å². The fourth-order valence-corrected chi connectivity index (χ4v) is 4.10. The van der Waals surface area contributed by atoms with Gasteiger partial charge in [0.05, 0.1) is 12.3 Å². The van der Waals surface area contributed by atoms with Crippen molar-refractivity contribution in [1.29, 1.82) is 0 Å². The number of fused-ring (bicyclic) bond motifs is 1. The Bertz CT molecular complexity index is 908. The third-order valence-electron chi connectivity index (χ3n) is 5.56. The first kappa shape index (κ1) is 16.6. The molecule has 0 spiro atoms. The number of benzene rings is 1. The number of imidazole rings is 1. The van der Waals surface area contributed by atoms with Gasteiger partial charge in [-0.3, -0.25) is 9.38 Å². The largest absolute Gasteiger partial charge is 0.376 e. The lowest BCUT2D eigenvalue weighted by molar-refractivity contribution is 0.120. The molecular formula is C21H25N5O. The molecule has 5 rings (SSSR count). The molecule has 1 N–H and O–H groups in total. The van der Waals surface area contributed by atoms with Crippen LogP contribution in [0.25, 0.3) is 16.9 Å². The summed E-state index contributed by atoms with van der Waals surface area (Å²) in [6.45, 7) is 3.99. The molecule has 6 heteroatoms. The summed E-state index contributed by atoms with van der Waals surface area (Å²) in [4.78, 5) is 11.5. The van der Waals surface area contributed by atoms with E-state index >= 15 is 0 Å². The Morgan fingerprint density at radius 3 is 2.74 bits per heavy atom. The molecule has 2 fully saturated rings. The first-order chi connectivity index (χ1) is 13.4. The van der Waals surface area contributed by atoms with Crippen LogP contribution in [-0.4, -0.2) is 46.7 Å². The molecule has 3 aromatic rings. The van der Waals surface area contributed by atoms with Crippen molar-refractivity contribution in [3.8, 4) is 11.3 Å². The molecule has 0 aliphatic carbocycles. The quantitative estimate of drug-likeness (QED) is 0.751. The van der Waals surface area contributed by atoms with E-state index < -0.39 is 0 Å². The Morgan fingerprint density at radius 2 is 1.96 bits per heavy atom. The van der Waals surface area contributed by atoms with Gasteiger partial charge in [0.1, 0.15) is 11.5 Å². The molecule has 2 saturated heterocycles. The second-order valence-corrected chi connectivity index (χ2v) is 7.37. The molecule has 2 aliphatic rings. The van der Waals surface area contributed by atoms with E-state index in [4.69, 9.17) is 9.72 Å². The molecular weight excluding hydrogens is 338 g/mol. The monoisotopic (exact) mass is 363 g/mol. The molecule has 4 heterocycles. The number of nitrogens with one attached hydrogen (secondary N) is 1. The molecule has 0 saturated carbocycles. The Kier molecular flexibility index (Phi) is 4.41. The fourth-order valence-electron chi connectivity index (χ4n) is 4.10. The van der Waals surface area contributed by atoms with Crippen LogP contribution >= 0.6 is 0 Å². The van der Waals surface area contributed by atoms with Gasteiger partial charge >= 0.3 is 0 Å². The topological polar surface area (TPSA) is 54.7 Å². The third kappa shape index (κ3) is 3.25. The molecule has 0 bridgehead atoms. The predicted molar refractivity (Wildman–Crippen MR) is 107 cm³/mol. The Morgan fingerprint density at radius 1 is 1.11 bits per heavy atom. The van der Waals surface area contributed by atoms with Crippen molar-refractivity contribution in [2.45, 2.75) is 31.8 Å². The number of aromatic nitrogens is 3. The number of ether oxygens (including phenoxy) is 1. The summed E-state index contributed by atoms with van der Waals surface area (Å²) < 4.78 is 7.85. The van der Waals surface area contributed by atoms with Crippen LogP contribution in [0, 0.1) is 0 Å². The molecule has 27 heavy (non-hydrogen) atoms. The maximum Gasteiger partial charge on any atom is 0.157 e. The highest BCUT2D eigenvalue weighted by molar-refractivity contribution is 5.77. The van der Waals surface area contributed by atoms with Gasteiger partial charge < -0.3 is 15.0 Å². The number of rotatable bonds is 5. The van der Waals surface area contributed by atoms with E-state index in [2.05, 4.69) is 43.9 Å². The van der Waals surface area contributed by atoms with Crippen molar-refractivity contribution in [3.63, 3.8) is 0 Å². The van der Waals surface area contributed by atoms with Crippen molar-refractivity contribution in [1.82, 2.24) is 14.4 Å². The molecule has 0 radical (unpaired) electrons. The van der Waals surface area contributed by atoms with Gasteiger partial charge in [-0.1, -0.05) is 12.1 Å². The molecule has 2 aliphatic heterocycles. The van der Waals surface area contributed by atoms with Crippen molar-refractivity contribution < 1.29 is 4.74 Å². The summed E-state index contributed by atoms with van der Waals surface area (Å²) in [5.74, 6) is 1.01. The lowest BCUT2D eigenvalue weighted by Crippen LogP contribution is -2.19. The maximum absolute atomic E-state index is 5.77. The minimum atomic E-state index is 0.280. The summed E-state index contributed by atoms with van der Waals surface area (Å²) in [6.07, 6.45) is 10.7. The highest BCUT2D eigenvalue weighted by Crippen LogP contribution is 2.31. The van der Waals surface area contributed by atoms with E-state index in [-0.39, 0.29) is 6.10 Å². The van der Waals surface area contributed by atoms with Gasteiger partial charge in [0.15, 0.2) is 5.65 Å². The summed E-state index contributed by atoms with van der Waals surface area (Å²) in [7, 11) is 0. The Balaban J connectivity index is 1.46. The van der Waals surface area contributed by atoms with Crippen molar-refractivity contribution in [2.24, 2.45) is 0 Å². The summed E-state index contributed by atoms with van der Waals surface area (Å²) in [6, 6.07) is 8.79. The van der Waals surface area contributed by atoms with Gasteiger partial charge in [0.25, 0.3) is 0 Å². The van der Waals surface area contributed by atoms with Crippen LogP contribution in [0.3, 0.4) is 0 Å². The molecule has 6 nitrogen and oxygen atoms in total. The van der Waals surface area contributed by atoms with Gasteiger partial charge in [-0.2, -0.15) is 0 Å². The van der Waals surface area contributed by atoms with Crippen LogP contribution in [0.2, 0.25) is 0 Å². The van der Waals surface area contributed by atoms with E-state index in [9.17, 15) is 0 Å². The molecule has 2 aromatic heterocycles. The predicted octanol–water partition coefficient (Wildman–Crippen LogP) is 3.59. The lowest BCUT2D eigenvalue weighted by Gasteiger charge is -2.18. The first-order valence-electron chi connectivity index (χ1n) is 9.91. The second-order valence-electron chi connectivity index (χ2n) is 7.37. The van der Waals surface area contributed by atoms with E-state index in [1.165, 1.54) is 18.5 Å². The summed E-state index contributed by atoms with van der Waals surface area (Å²) in [5.41, 5.74) is 4.24. The first-order valence-corrected chi connectivity index (χ1v) is 9.91. The fraction of sp³-hybridized carbons (Fsp3) is 0.429. The van der Waals surface area contributed by atoms with Gasteiger partial charge in [0.2, 0.25) is 0 Å². The molecule has 0 unspecified atom stereocenters. The van der Waals surface area contributed by atoms with Gasteiger partial charge in [-0.05, 0) is 37.8 Å². The normalized spacial score (nSPS) is 19.9. The molecule has 1 aromatic carbocycles. The van der Waals surface area contributed by atoms with Gasteiger partial charge in [0, 0.05) is 49.9 Å². The number of nitrogens with zero attached hydrogens (tertiary/aromatic N) is 4. The smallest absolute Gasteiger partial charge is 0.157 e.